The zero-order chi connectivity index (χ0) is 16.7. The van der Waals surface area contributed by atoms with E-state index in [0.29, 0.717) is 16.8 Å². The van der Waals surface area contributed by atoms with Crippen molar-refractivity contribution in [3.63, 3.8) is 0 Å². The highest BCUT2D eigenvalue weighted by molar-refractivity contribution is 7.09. The molecule has 1 atom stereocenters. The maximum Gasteiger partial charge on any atom is 0.270 e. The first kappa shape index (κ1) is 14.9. The number of carbonyl (C=O) groups excluding carboxylic acids is 1. The van der Waals surface area contributed by atoms with E-state index in [1.807, 2.05) is 12.3 Å². The van der Waals surface area contributed by atoms with E-state index in [4.69, 9.17) is 0 Å². The first-order chi connectivity index (χ1) is 11.6. The van der Waals surface area contributed by atoms with E-state index in [2.05, 4.69) is 25.3 Å². The lowest BCUT2D eigenvalue weighted by Gasteiger charge is -2.15. The van der Waals surface area contributed by atoms with Gasteiger partial charge < -0.3 is 10.3 Å². The second-order valence-corrected chi connectivity index (χ2v) is 6.82. The van der Waals surface area contributed by atoms with Gasteiger partial charge in [0.05, 0.1) is 29.5 Å². The lowest BCUT2D eigenvalue weighted by molar-refractivity contribution is 0.0926. The number of nitrogens with one attached hydrogen (secondary N) is 2. The summed E-state index contributed by atoms with van der Waals surface area (Å²) in [4.78, 5) is 39.6. The van der Waals surface area contributed by atoms with Gasteiger partial charge >= 0.3 is 0 Å². The van der Waals surface area contributed by atoms with Crippen LogP contribution in [0.15, 0.2) is 28.8 Å². The van der Waals surface area contributed by atoms with Gasteiger partial charge in [-0.2, -0.15) is 0 Å². The summed E-state index contributed by atoms with van der Waals surface area (Å²) in [6, 6.07) is 1.38. The number of H-pyrrole nitrogens is 1. The molecule has 1 aliphatic carbocycles. The molecule has 24 heavy (non-hydrogen) atoms. The molecule has 0 spiro atoms. The van der Waals surface area contributed by atoms with Gasteiger partial charge in [0.2, 0.25) is 0 Å². The van der Waals surface area contributed by atoms with E-state index in [1.165, 1.54) is 18.6 Å². The smallest absolute Gasteiger partial charge is 0.270 e. The van der Waals surface area contributed by atoms with Crippen LogP contribution in [0.25, 0.3) is 10.9 Å². The monoisotopic (exact) mass is 341 g/mol. The number of amides is 1. The summed E-state index contributed by atoms with van der Waals surface area (Å²) in [5, 5.41) is 6.28. The van der Waals surface area contributed by atoms with E-state index in [0.717, 1.165) is 23.5 Å². The number of pyridine rings is 1. The topological polar surface area (TPSA) is 101 Å². The Morgan fingerprint density at radius 3 is 2.96 bits per heavy atom. The summed E-state index contributed by atoms with van der Waals surface area (Å²) in [6.07, 6.45) is 4.93. The number of rotatable bonds is 4. The molecule has 7 nitrogen and oxygen atoms in total. The van der Waals surface area contributed by atoms with Crippen LogP contribution in [-0.4, -0.2) is 25.8 Å². The van der Waals surface area contributed by atoms with Gasteiger partial charge in [0.1, 0.15) is 10.7 Å². The van der Waals surface area contributed by atoms with Crippen LogP contribution in [0.1, 0.15) is 40.1 Å². The molecule has 1 aliphatic rings. The Labute approximate surface area is 141 Å². The van der Waals surface area contributed by atoms with Gasteiger partial charge in [0, 0.05) is 11.1 Å². The molecule has 0 bridgehead atoms. The van der Waals surface area contributed by atoms with Crippen LogP contribution in [0.5, 0.6) is 0 Å². The van der Waals surface area contributed by atoms with E-state index in [9.17, 15) is 9.59 Å². The first-order valence-electron chi connectivity index (χ1n) is 7.68. The van der Waals surface area contributed by atoms with Gasteiger partial charge in [-0.1, -0.05) is 0 Å². The van der Waals surface area contributed by atoms with Crippen LogP contribution in [-0.2, 0) is 0 Å². The Hall–Kier alpha value is -2.61. The second-order valence-electron chi connectivity index (χ2n) is 5.93. The average molecular weight is 341 g/mol. The lowest BCUT2D eigenvalue weighted by Crippen LogP contribution is -2.30. The van der Waals surface area contributed by atoms with Crippen molar-refractivity contribution in [3.05, 3.63) is 50.7 Å². The Balaban J connectivity index is 1.63. The van der Waals surface area contributed by atoms with Crippen molar-refractivity contribution in [3.8, 4) is 0 Å². The number of aryl methyl sites for hydroxylation is 1. The van der Waals surface area contributed by atoms with Crippen LogP contribution in [0.2, 0.25) is 0 Å². The molecule has 1 unspecified atom stereocenters. The van der Waals surface area contributed by atoms with Crippen molar-refractivity contribution < 1.29 is 4.79 Å². The summed E-state index contributed by atoms with van der Waals surface area (Å²) >= 11 is 1.56. The van der Waals surface area contributed by atoms with Crippen molar-refractivity contribution in [2.75, 3.05) is 0 Å². The Kier molecular flexibility index (Phi) is 3.61. The molecule has 1 fully saturated rings. The van der Waals surface area contributed by atoms with Gasteiger partial charge in [-0.3, -0.25) is 9.59 Å². The summed E-state index contributed by atoms with van der Waals surface area (Å²) in [6.45, 7) is 1.94. The van der Waals surface area contributed by atoms with Crippen molar-refractivity contribution in [2.24, 2.45) is 5.92 Å². The van der Waals surface area contributed by atoms with Crippen LogP contribution >= 0.6 is 11.3 Å². The van der Waals surface area contributed by atoms with Crippen molar-refractivity contribution >= 4 is 28.1 Å². The molecular formula is C16H15N5O2S. The predicted octanol–water partition coefficient (Wildman–Crippen LogP) is 1.96. The number of fused-ring (bicyclic) bond motifs is 1. The number of hydrogen-bond donors (Lipinski definition) is 2. The molecule has 0 radical (unpaired) electrons. The highest BCUT2D eigenvalue weighted by atomic mass is 32.1. The van der Waals surface area contributed by atoms with Gasteiger partial charge in [-0.15, -0.1) is 11.3 Å². The molecule has 0 saturated heterocycles. The summed E-state index contributed by atoms with van der Waals surface area (Å²) < 4.78 is 0. The summed E-state index contributed by atoms with van der Waals surface area (Å²) in [5.74, 6) is 0.120. The Bertz CT molecular complexity index is 976. The van der Waals surface area contributed by atoms with Gasteiger partial charge in [-0.25, -0.2) is 15.0 Å². The number of carbonyl (C=O) groups is 1. The third kappa shape index (κ3) is 2.80. The van der Waals surface area contributed by atoms with Crippen LogP contribution in [0.4, 0.5) is 0 Å². The third-order valence-corrected chi connectivity index (χ3v) is 5.09. The van der Waals surface area contributed by atoms with Gasteiger partial charge in [0.15, 0.2) is 0 Å². The van der Waals surface area contributed by atoms with Crippen LogP contribution < -0.4 is 10.9 Å². The molecule has 3 aromatic rings. The van der Waals surface area contributed by atoms with Crippen LogP contribution in [0.3, 0.4) is 0 Å². The molecule has 122 valence electrons. The zero-order valence-corrected chi connectivity index (χ0v) is 13.8. The predicted molar refractivity (Wildman–Crippen MR) is 89.9 cm³/mol. The molecule has 4 rings (SSSR count). The number of thiazole rings is 1. The quantitative estimate of drug-likeness (QED) is 0.755. The van der Waals surface area contributed by atoms with E-state index in [-0.39, 0.29) is 23.2 Å². The number of hydrogen-bond acceptors (Lipinski definition) is 6. The number of aromatic amines is 1. The SMILES string of the molecule is Cc1csc(C(NC(=O)c2cc3c(=O)[nH]cnc3cn2)C2CC2)n1. The molecule has 1 amide bonds. The highest BCUT2D eigenvalue weighted by Crippen LogP contribution is 2.41. The number of nitrogens with zero attached hydrogens (tertiary/aromatic N) is 3. The largest absolute Gasteiger partial charge is 0.341 e. The highest BCUT2D eigenvalue weighted by Gasteiger charge is 2.35. The molecule has 0 aromatic carbocycles. The molecule has 0 aliphatic heterocycles. The molecular weight excluding hydrogens is 326 g/mol. The lowest BCUT2D eigenvalue weighted by atomic mass is 10.1. The normalized spacial score (nSPS) is 15.4. The minimum Gasteiger partial charge on any atom is -0.341 e. The molecule has 3 heterocycles. The van der Waals surface area contributed by atoms with E-state index in [1.54, 1.807) is 11.3 Å². The minimum atomic E-state index is -0.301. The fraction of sp³-hybridized carbons (Fsp3) is 0.312. The second kappa shape index (κ2) is 5.79. The fourth-order valence-corrected chi connectivity index (χ4v) is 3.57. The van der Waals surface area contributed by atoms with E-state index >= 15 is 0 Å². The number of aromatic nitrogens is 4. The van der Waals surface area contributed by atoms with E-state index < -0.39 is 0 Å². The maximum atomic E-state index is 12.6. The Morgan fingerprint density at radius 2 is 2.25 bits per heavy atom. The van der Waals surface area contributed by atoms with Crippen molar-refractivity contribution in [2.45, 2.75) is 25.8 Å². The molecule has 3 aromatic heterocycles. The van der Waals surface area contributed by atoms with Crippen molar-refractivity contribution in [1.82, 2.24) is 25.3 Å². The summed E-state index contributed by atoms with van der Waals surface area (Å²) in [7, 11) is 0. The maximum absolute atomic E-state index is 12.6. The van der Waals surface area contributed by atoms with Gasteiger partial charge in [0.25, 0.3) is 11.5 Å². The standard InChI is InChI=1S/C16H15N5O2S/c1-8-6-24-16(20-8)13(9-2-3-9)21-15(23)11-4-10-12(5-17-11)18-7-19-14(10)22/h4-7,9,13H,2-3H2,1H3,(H,21,23)(H,18,19,22). The van der Waals surface area contributed by atoms with Crippen molar-refractivity contribution in [1.29, 1.82) is 0 Å². The average Bonchev–Trinajstić information content (AvgIpc) is 3.33. The zero-order valence-electron chi connectivity index (χ0n) is 12.9. The minimum absolute atomic E-state index is 0.0964. The summed E-state index contributed by atoms with van der Waals surface area (Å²) in [5.41, 5.74) is 1.34. The molecule has 2 N–H and O–H groups in total. The fourth-order valence-electron chi connectivity index (χ4n) is 2.64. The molecule has 8 heteroatoms. The first-order valence-corrected chi connectivity index (χ1v) is 8.56. The Morgan fingerprint density at radius 1 is 1.42 bits per heavy atom. The molecule has 1 saturated carbocycles. The van der Waals surface area contributed by atoms with Crippen LogP contribution in [0, 0.1) is 12.8 Å². The third-order valence-electron chi connectivity index (χ3n) is 4.04. The van der Waals surface area contributed by atoms with Gasteiger partial charge in [-0.05, 0) is 31.7 Å².